The quantitative estimate of drug-likeness (QED) is 0.685. The van der Waals surface area contributed by atoms with Gasteiger partial charge in [-0.2, -0.15) is 0 Å². The van der Waals surface area contributed by atoms with E-state index in [2.05, 4.69) is 0 Å². The number of hydrogen-bond donors (Lipinski definition) is 0. The van der Waals surface area contributed by atoms with Gasteiger partial charge in [0.1, 0.15) is 5.25 Å². The molecule has 0 fully saturated rings. The Kier molecular flexibility index (Phi) is 2.12. The largest absolute Gasteiger partial charge is 0.293 e. The molecule has 14 heavy (non-hydrogen) atoms. The zero-order valence-corrected chi connectivity index (χ0v) is 8.68. The molecule has 0 aromatic heterocycles. The third kappa shape index (κ3) is 1.44. The fourth-order valence-corrected chi connectivity index (χ4v) is 2.82. The van der Waals surface area contributed by atoms with Gasteiger partial charge in [-0.1, -0.05) is 24.3 Å². The minimum atomic E-state index is -3.80. The van der Waals surface area contributed by atoms with Crippen molar-refractivity contribution in [2.45, 2.75) is 11.7 Å². The molecule has 0 saturated heterocycles. The summed E-state index contributed by atoms with van der Waals surface area (Å²) in [5, 5.41) is -1.10. The third-order valence-electron chi connectivity index (χ3n) is 2.32. The predicted molar refractivity (Wildman–Crippen MR) is 53.0 cm³/mol. The van der Waals surface area contributed by atoms with Crippen molar-refractivity contribution < 1.29 is 13.2 Å². The van der Waals surface area contributed by atoms with Crippen LogP contribution in [0, 0.1) is 0 Å². The Morgan fingerprint density at radius 3 is 2.50 bits per heavy atom. The standard InChI is InChI=1S/C9H7ClO3S/c10-14(12,13)8-5-6-3-1-2-4-7(6)9(8)11/h1-4,8H,5H2. The molecule has 0 N–H and O–H groups in total. The van der Waals surface area contributed by atoms with Crippen molar-refractivity contribution in [2.24, 2.45) is 0 Å². The highest BCUT2D eigenvalue weighted by Gasteiger charge is 2.38. The van der Waals surface area contributed by atoms with Crippen molar-refractivity contribution in [2.75, 3.05) is 0 Å². The first-order chi connectivity index (χ1) is 6.50. The molecule has 0 heterocycles. The SMILES string of the molecule is O=C1c2ccccc2CC1S(=O)(=O)Cl. The van der Waals surface area contributed by atoms with Gasteiger partial charge in [0, 0.05) is 16.2 Å². The number of carbonyl (C=O) groups is 1. The van der Waals surface area contributed by atoms with Crippen molar-refractivity contribution >= 4 is 25.5 Å². The first-order valence-corrected chi connectivity index (χ1v) is 6.43. The van der Waals surface area contributed by atoms with E-state index in [-0.39, 0.29) is 6.42 Å². The first kappa shape index (κ1) is 9.68. The van der Waals surface area contributed by atoms with Gasteiger partial charge in [0.25, 0.3) is 0 Å². The summed E-state index contributed by atoms with van der Waals surface area (Å²) in [6, 6.07) is 6.85. The van der Waals surface area contributed by atoms with Gasteiger partial charge >= 0.3 is 0 Å². The van der Waals surface area contributed by atoms with Crippen LogP contribution in [0.3, 0.4) is 0 Å². The van der Waals surface area contributed by atoms with Crippen LogP contribution in [0.25, 0.3) is 0 Å². The molecule has 0 saturated carbocycles. The average molecular weight is 231 g/mol. The Morgan fingerprint density at radius 2 is 1.93 bits per heavy atom. The predicted octanol–water partition coefficient (Wildman–Crippen LogP) is 1.36. The Labute approximate surface area is 86.1 Å². The van der Waals surface area contributed by atoms with E-state index >= 15 is 0 Å². The number of benzene rings is 1. The topological polar surface area (TPSA) is 51.2 Å². The molecule has 1 atom stereocenters. The lowest BCUT2D eigenvalue weighted by molar-refractivity contribution is 0.0998. The van der Waals surface area contributed by atoms with Gasteiger partial charge in [-0.15, -0.1) is 0 Å². The summed E-state index contributed by atoms with van der Waals surface area (Å²) in [7, 11) is 1.38. The summed E-state index contributed by atoms with van der Waals surface area (Å²) in [4.78, 5) is 11.6. The lowest BCUT2D eigenvalue weighted by atomic mass is 10.1. The van der Waals surface area contributed by atoms with Crippen LogP contribution in [0.2, 0.25) is 0 Å². The van der Waals surface area contributed by atoms with Crippen LogP contribution in [0.15, 0.2) is 24.3 Å². The summed E-state index contributed by atoms with van der Waals surface area (Å²) in [5.41, 5.74) is 1.23. The Balaban J connectivity index is 2.50. The number of ketones is 1. The lowest BCUT2D eigenvalue weighted by Crippen LogP contribution is -2.22. The second-order valence-electron chi connectivity index (χ2n) is 3.19. The Morgan fingerprint density at radius 1 is 1.29 bits per heavy atom. The summed E-state index contributed by atoms with van der Waals surface area (Å²) in [6.07, 6.45) is 0.195. The molecule has 0 amide bonds. The molecule has 1 aliphatic rings. The molecule has 0 aliphatic heterocycles. The fourth-order valence-electron chi connectivity index (χ4n) is 1.63. The molecule has 1 aliphatic carbocycles. The molecule has 0 radical (unpaired) electrons. The highest BCUT2D eigenvalue weighted by Crippen LogP contribution is 2.27. The normalized spacial score (nSPS) is 20.9. The lowest BCUT2D eigenvalue weighted by Gasteiger charge is -2.00. The van der Waals surface area contributed by atoms with E-state index in [0.29, 0.717) is 5.56 Å². The van der Waals surface area contributed by atoms with Crippen molar-refractivity contribution in [3.63, 3.8) is 0 Å². The van der Waals surface area contributed by atoms with E-state index in [1.807, 2.05) is 0 Å². The molecule has 1 aromatic carbocycles. The zero-order chi connectivity index (χ0) is 10.3. The third-order valence-corrected chi connectivity index (χ3v) is 4.03. The van der Waals surface area contributed by atoms with Gasteiger partial charge in [-0.3, -0.25) is 4.79 Å². The van der Waals surface area contributed by atoms with Crippen LogP contribution in [-0.4, -0.2) is 19.5 Å². The summed E-state index contributed by atoms with van der Waals surface area (Å²) in [5.74, 6) is -0.393. The average Bonchev–Trinajstić information content (AvgIpc) is 2.44. The van der Waals surface area contributed by atoms with Crippen LogP contribution in [-0.2, 0) is 15.5 Å². The smallest absolute Gasteiger partial charge is 0.243 e. The first-order valence-electron chi connectivity index (χ1n) is 4.06. The van der Waals surface area contributed by atoms with Gasteiger partial charge in [-0.05, 0) is 12.0 Å². The molecular formula is C9H7ClO3S. The van der Waals surface area contributed by atoms with E-state index in [9.17, 15) is 13.2 Å². The maximum atomic E-state index is 11.6. The highest BCUT2D eigenvalue weighted by molar-refractivity contribution is 8.14. The monoisotopic (exact) mass is 230 g/mol. The second kappa shape index (κ2) is 3.07. The van der Waals surface area contributed by atoms with Gasteiger partial charge in [0.05, 0.1) is 0 Å². The minimum absolute atomic E-state index is 0.195. The molecule has 3 nitrogen and oxygen atoms in total. The Bertz CT molecular complexity index is 493. The van der Waals surface area contributed by atoms with Crippen molar-refractivity contribution in [1.82, 2.24) is 0 Å². The maximum absolute atomic E-state index is 11.6. The molecule has 0 bridgehead atoms. The van der Waals surface area contributed by atoms with Gasteiger partial charge in [0.2, 0.25) is 9.05 Å². The molecule has 5 heteroatoms. The van der Waals surface area contributed by atoms with E-state index in [1.165, 1.54) is 0 Å². The molecule has 1 aromatic rings. The number of rotatable bonds is 1. The van der Waals surface area contributed by atoms with E-state index in [1.54, 1.807) is 24.3 Å². The summed E-state index contributed by atoms with van der Waals surface area (Å²) < 4.78 is 22.1. The maximum Gasteiger partial charge on any atom is 0.243 e. The van der Waals surface area contributed by atoms with Crippen molar-refractivity contribution in [1.29, 1.82) is 0 Å². The number of hydrogen-bond acceptors (Lipinski definition) is 3. The molecule has 2 rings (SSSR count). The van der Waals surface area contributed by atoms with Crippen molar-refractivity contribution in [3.05, 3.63) is 35.4 Å². The van der Waals surface area contributed by atoms with Crippen LogP contribution in [0.4, 0.5) is 0 Å². The number of carbonyl (C=O) groups excluding carboxylic acids is 1. The van der Waals surface area contributed by atoms with Gasteiger partial charge in [0.15, 0.2) is 5.78 Å². The van der Waals surface area contributed by atoms with Crippen LogP contribution >= 0.6 is 10.7 Å². The van der Waals surface area contributed by atoms with Crippen LogP contribution in [0.1, 0.15) is 15.9 Å². The number of fused-ring (bicyclic) bond motifs is 1. The van der Waals surface area contributed by atoms with E-state index in [0.717, 1.165) is 5.56 Å². The Hall–Kier alpha value is -0.870. The van der Waals surface area contributed by atoms with Gasteiger partial charge in [-0.25, -0.2) is 8.42 Å². The van der Waals surface area contributed by atoms with Gasteiger partial charge < -0.3 is 0 Å². The zero-order valence-electron chi connectivity index (χ0n) is 7.10. The number of Topliss-reactive ketones (excluding diaryl/α,β-unsaturated/α-hetero) is 1. The molecule has 1 unspecified atom stereocenters. The molecule has 0 spiro atoms. The van der Waals surface area contributed by atoms with Crippen molar-refractivity contribution in [3.8, 4) is 0 Å². The highest BCUT2D eigenvalue weighted by atomic mass is 35.7. The van der Waals surface area contributed by atoms with Crippen LogP contribution in [0.5, 0.6) is 0 Å². The molecule has 74 valence electrons. The number of halogens is 1. The fraction of sp³-hybridized carbons (Fsp3) is 0.222. The summed E-state index contributed by atoms with van der Waals surface area (Å²) >= 11 is 0. The molecular weight excluding hydrogens is 224 g/mol. The van der Waals surface area contributed by atoms with E-state index < -0.39 is 20.1 Å². The minimum Gasteiger partial charge on any atom is -0.293 e. The van der Waals surface area contributed by atoms with E-state index in [4.69, 9.17) is 10.7 Å². The van der Waals surface area contributed by atoms with Crippen LogP contribution < -0.4 is 0 Å². The summed E-state index contributed by atoms with van der Waals surface area (Å²) in [6.45, 7) is 0. The second-order valence-corrected chi connectivity index (χ2v) is 6.00.